The van der Waals surface area contributed by atoms with Gasteiger partial charge in [0.1, 0.15) is 17.9 Å². The predicted molar refractivity (Wildman–Crippen MR) is 105 cm³/mol. The van der Waals surface area contributed by atoms with Gasteiger partial charge in [-0.25, -0.2) is 9.97 Å². The Balaban J connectivity index is 1.36. The maximum absolute atomic E-state index is 12.7. The fraction of sp³-hybridized carbons (Fsp3) is 0.333. The highest BCUT2D eigenvalue weighted by atomic mass is 16.3. The molecule has 1 aliphatic heterocycles. The highest BCUT2D eigenvalue weighted by Gasteiger charge is 2.29. The third kappa shape index (κ3) is 4.21. The fourth-order valence-electron chi connectivity index (χ4n) is 3.60. The molecule has 1 unspecified atom stereocenters. The minimum absolute atomic E-state index is 0.0353. The summed E-state index contributed by atoms with van der Waals surface area (Å²) < 4.78 is 6.89. The van der Waals surface area contributed by atoms with E-state index in [9.17, 15) is 9.59 Å². The van der Waals surface area contributed by atoms with Gasteiger partial charge in [-0.05, 0) is 43.5 Å². The van der Waals surface area contributed by atoms with Gasteiger partial charge in [0, 0.05) is 38.2 Å². The summed E-state index contributed by atoms with van der Waals surface area (Å²) in [5, 5.41) is 3.00. The molecule has 2 amide bonds. The number of pyridine rings is 1. The molecular weight excluding hydrogens is 370 g/mol. The standard InChI is InChI=1S/C21H23N5O3/c1-15-22-7-9-26(15)19-11-16(4-6-23-19)12-24-20(27)17-3-2-8-25(13-17)21(28)18-5-10-29-14-18/h4-7,9-11,14,17H,2-3,8,12-13H2,1H3,(H,24,27). The SMILES string of the molecule is Cc1nccn1-c1cc(CNC(=O)C2CCCN(C(=O)c3ccoc3)C2)ccn1. The largest absolute Gasteiger partial charge is 0.472 e. The van der Waals surface area contributed by atoms with Gasteiger partial charge in [0.25, 0.3) is 5.91 Å². The number of aromatic nitrogens is 3. The zero-order valence-corrected chi connectivity index (χ0v) is 16.2. The van der Waals surface area contributed by atoms with E-state index in [1.54, 1.807) is 23.4 Å². The lowest BCUT2D eigenvalue weighted by Gasteiger charge is -2.31. The molecule has 0 bridgehead atoms. The molecule has 1 atom stereocenters. The van der Waals surface area contributed by atoms with Crippen molar-refractivity contribution in [3.63, 3.8) is 0 Å². The number of hydrogen-bond donors (Lipinski definition) is 1. The zero-order chi connectivity index (χ0) is 20.2. The Bertz CT molecular complexity index is 995. The van der Waals surface area contributed by atoms with Gasteiger partial charge in [0.2, 0.25) is 5.91 Å². The number of imidazole rings is 1. The van der Waals surface area contributed by atoms with E-state index in [4.69, 9.17) is 4.42 Å². The molecule has 1 fully saturated rings. The summed E-state index contributed by atoms with van der Waals surface area (Å²) in [4.78, 5) is 35.5. The summed E-state index contributed by atoms with van der Waals surface area (Å²) in [6.07, 6.45) is 9.81. The lowest BCUT2D eigenvalue weighted by Crippen LogP contribution is -2.45. The molecule has 3 aromatic rings. The van der Waals surface area contributed by atoms with Crippen molar-refractivity contribution in [3.05, 3.63) is 66.3 Å². The molecule has 3 aromatic heterocycles. The number of carbonyl (C=O) groups excluding carboxylic acids is 2. The molecule has 1 saturated heterocycles. The highest BCUT2D eigenvalue weighted by Crippen LogP contribution is 2.19. The summed E-state index contributed by atoms with van der Waals surface area (Å²) in [5.41, 5.74) is 1.48. The molecule has 150 valence electrons. The number of nitrogens with zero attached hydrogens (tertiary/aromatic N) is 4. The van der Waals surface area contributed by atoms with Crippen LogP contribution in [0.25, 0.3) is 5.82 Å². The topological polar surface area (TPSA) is 93.3 Å². The molecule has 0 aliphatic carbocycles. The molecule has 0 radical (unpaired) electrons. The predicted octanol–water partition coefficient (Wildman–Crippen LogP) is 2.34. The molecule has 0 aromatic carbocycles. The summed E-state index contributed by atoms with van der Waals surface area (Å²) in [5.74, 6) is 1.28. The van der Waals surface area contributed by atoms with E-state index < -0.39 is 0 Å². The normalized spacial score (nSPS) is 16.6. The second kappa shape index (κ2) is 8.30. The first-order valence-corrected chi connectivity index (χ1v) is 9.66. The highest BCUT2D eigenvalue weighted by molar-refractivity contribution is 5.94. The van der Waals surface area contributed by atoms with Gasteiger partial charge >= 0.3 is 0 Å². The van der Waals surface area contributed by atoms with Crippen molar-refractivity contribution in [1.82, 2.24) is 24.8 Å². The van der Waals surface area contributed by atoms with Crippen LogP contribution >= 0.6 is 0 Å². The third-order valence-corrected chi connectivity index (χ3v) is 5.20. The number of nitrogens with one attached hydrogen (secondary N) is 1. The Hall–Kier alpha value is -3.42. The average Bonchev–Trinajstić information content (AvgIpc) is 3.44. The van der Waals surface area contributed by atoms with E-state index in [0.717, 1.165) is 30.0 Å². The third-order valence-electron chi connectivity index (χ3n) is 5.20. The molecule has 0 saturated carbocycles. The van der Waals surface area contributed by atoms with Crippen LogP contribution in [0.4, 0.5) is 0 Å². The molecule has 8 nitrogen and oxygen atoms in total. The number of carbonyl (C=O) groups is 2. The Labute approximate surface area is 168 Å². The lowest BCUT2D eigenvalue weighted by atomic mass is 9.96. The van der Waals surface area contributed by atoms with E-state index in [0.29, 0.717) is 25.2 Å². The molecule has 1 aliphatic rings. The van der Waals surface area contributed by atoms with Crippen LogP contribution in [0.1, 0.15) is 34.6 Å². The monoisotopic (exact) mass is 393 g/mol. The van der Waals surface area contributed by atoms with Crippen molar-refractivity contribution in [2.75, 3.05) is 13.1 Å². The van der Waals surface area contributed by atoms with Crippen LogP contribution in [0.15, 0.2) is 53.7 Å². The first-order chi connectivity index (χ1) is 14.1. The van der Waals surface area contributed by atoms with Crippen molar-refractivity contribution in [2.24, 2.45) is 5.92 Å². The van der Waals surface area contributed by atoms with Crippen LogP contribution < -0.4 is 5.32 Å². The summed E-state index contributed by atoms with van der Waals surface area (Å²) >= 11 is 0. The fourth-order valence-corrected chi connectivity index (χ4v) is 3.60. The number of amides is 2. The Morgan fingerprint density at radius 3 is 2.93 bits per heavy atom. The zero-order valence-electron chi connectivity index (χ0n) is 16.2. The van der Waals surface area contributed by atoms with Crippen molar-refractivity contribution in [3.8, 4) is 5.82 Å². The smallest absolute Gasteiger partial charge is 0.257 e. The van der Waals surface area contributed by atoms with E-state index in [1.807, 2.05) is 29.8 Å². The molecule has 1 N–H and O–H groups in total. The molecule has 0 spiro atoms. The second-order valence-electron chi connectivity index (χ2n) is 7.19. The van der Waals surface area contributed by atoms with Gasteiger partial charge in [-0.2, -0.15) is 0 Å². The van der Waals surface area contributed by atoms with Gasteiger partial charge in [-0.3, -0.25) is 14.2 Å². The Kier molecular flexibility index (Phi) is 5.41. The van der Waals surface area contributed by atoms with Crippen LogP contribution in [0.2, 0.25) is 0 Å². The van der Waals surface area contributed by atoms with Crippen molar-refractivity contribution >= 4 is 11.8 Å². The minimum atomic E-state index is -0.211. The number of aryl methyl sites for hydroxylation is 1. The number of furan rings is 1. The van der Waals surface area contributed by atoms with E-state index in [2.05, 4.69) is 15.3 Å². The van der Waals surface area contributed by atoms with Crippen molar-refractivity contribution in [1.29, 1.82) is 0 Å². The first kappa shape index (κ1) is 18.9. The van der Waals surface area contributed by atoms with E-state index in [1.165, 1.54) is 12.5 Å². The molecule has 4 heterocycles. The molecule has 8 heteroatoms. The van der Waals surface area contributed by atoms with Gasteiger partial charge < -0.3 is 14.6 Å². The van der Waals surface area contributed by atoms with Crippen LogP contribution in [-0.4, -0.2) is 44.3 Å². The van der Waals surface area contributed by atoms with Gasteiger partial charge in [0.05, 0.1) is 17.7 Å². The van der Waals surface area contributed by atoms with Crippen LogP contribution in [0, 0.1) is 12.8 Å². The number of hydrogen-bond acceptors (Lipinski definition) is 5. The number of piperidine rings is 1. The van der Waals surface area contributed by atoms with Crippen molar-refractivity contribution in [2.45, 2.75) is 26.3 Å². The summed E-state index contributed by atoms with van der Waals surface area (Å²) in [6.45, 7) is 3.40. The van der Waals surface area contributed by atoms with Gasteiger partial charge in [-0.1, -0.05) is 0 Å². The first-order valence-electron chi connectivity index (χ1n) is 9.66. The maximum atomic E-state index is 12.7. The average molecular weight is 393 g/mol. The molecule has 4 rings (SSSR count). The lowest BCUT2D eigenvalue weighted by molar-refractivity contribution is -0.126. The quantitative estimate of drug-likeness (QED) is 0.718. The summed E-state index contributed by atoms with van der Waals surface area (Å²) in [6, 6.07) is 5.46. The van der Waals surface area contributed by atoms with Crippen molar-refractivity contribution < 1.29 is 14.0 Å². The summed E-state index contributed by atoms with van der Waals surface area (Å²) in [7, 11) is 0. The van der Waals surface area contributed by atoms with Crippen LogP contribution in [0.3, 0.4) is 0 Å². The molecule has 29 heavy (non-hydrogen) atoms. The van der Waals surface area contributed by atoms with E-state index in [-0.39, 0.29) is 17.7 Å². The van der Waals surface area contributed by atoms with Crippen LogP contribution in [-0.2, 0) is 11.3 Å². The van der Waals surface area contributed by atoms with Gasteiger partial charge in [-0.15, -0.1) is 0 Å². The van der Waals surface area contributed by atoms with Crippen LogP contribution in [0.5, 0.6) is 0 Å². The number of likely N-dealkylation sites (tertiary alicyclic amines) is 1. The van der Waals surface area contributed by atoms with Gasteiger partial charge in [0.15, 0.2) is 0 Å². The maximum Gasteiger partial charge on any atom is 0.257 e. The Morgan fingerprint density at radius 2 is 2.17 bits per heavy atom. The van der Waals surface area contributed by atoms with E-state index >= 15 is 0 Å². The minimum Gasteiger partial charge on any atom is -0.472 e. The Morgan fingerprint density at radius 1 is 1.28 bits per heavy atom. The second-order valence-corrected chi connectivity index (χ2v) is 7.19. The number of rotatable bonds is 5. The molecular formula is C21H23N5O3.